The average molecular weight is 284 g/mol. The van der Waals surface area contributed by atoms with Gasteiger partial charge in [0.05, 0.1) is 29.1 Å². The minimum atomic E-state index is -0.0928. The Kier molecular flexibility index (Phi) is 5.03. The molecule has 2 rings (SSSR count). The van der Waals surface area contributed by atoms with Gasteiger partial charge in [-0.25, -0.2) is 4.98 Å². The first-order valence-corrected chi connectivity index (χ1v) is 7.63. The monoisotopic (exact) mass is 284 g/mol. The maximum Gasteiger partial charge on any atom is 0.169 e. The summed E-state index contributed by atoms with van der Waals surface area (Å²) in [7, 11) is 0. The second-order valence-electron chi connectivity index (χ2n) is 4.46. The number of fused-ring (bicyclic) bond motifs is 1. The van der Waals surface area contributed by atoms with Crippen LogP contribution in [0.15, 0.2) is 29.4 Å². The first kappa shape index (κ1) is 14.4. The molecular weight excluding hydrogens is 268 g/mol. The van der Waals surface area contributed by atoms with Crippen LogP contribution in [0.25, 0.3) is 11.0 Å². The summed E-state index contributed by atoms with van der Waals surface area (Å²) in [5.74, 6) is 0.589. The van der Waals surface area contributed by atoms with Crippen molar-refractivity contribution in [3.8, 4) is 12.1 Å². The van der Waals surface area contributed by atoms with Gasteiger partial charge in [-0.1, -0.05) is 23.9 Å². The number of rotatable bonds is 6. The standard InChI is InChI=1S/C15H16N4S/c1-2-19-14-8-4-3-7-13(14)18-15(19)20-11-12(10-17)6-5-9-16/h3-4,7-8,12H,2,5-6,11H2,1H3/t12-/m1/s1. The van der Waals surface area contributed by atoms with E-state index in [0.29, 0.717) is 18.6 Å². The van der Waals surface area contributed by atoms with Gasteiger partial charge in [-0.05, 0) is 25.5 Å². The number of nitriles is 2. The minimum Gasteiger partial charge on any atom is -0.319 e. The van der Waals surface area contributed by atoms with Crippen molar-refractivity contribution in [1.29, 1.82) is 10.5 Å². The fourth-order valence-electron chi connectivity index (χ4n) is 2.07. The molecule has 1 aromatic heterocycles. The molecule has 0 saturated carbocycles. The number of benzene rings is 1. The van der Waals surface area contributed by atoms with E-state index in [1.807, 2.05) is 18.2 Å². The molecule has 0 bridgehead atoms. The lowest BCUT2D eigenvalue weighted by Gasteiger charge is -2.08. The van der Waals surface area contributed by atoms with Crippen LogP contribution in [-0.2, 0) is 6.54 Å². The summed E-state index contributed by atoms with van der Waals surface area (Å²) in [5, 5.41) is 18.6. The molecule has 1 heterocycles. The third-order valence-electron chi connectivity index (χ3n) is 3.14. The van der Waals surface area contributed by atoms with Crippen molar-refractivity contribution in [3.05, 3.63) is 24.3 Å². The van der Waals surface area contributed by atoms with Gasteiger partial charge in [-0.15, -0.1) is 0 Å². The third kappa shape index (κ3) is 3.12. The molecule has 5 heteroatoms. The van der Waals surface area contributed by atoms with Gasteiger partial charge in [0.1, 0.15) is 0 Å². The first-order chi connectivity index (χ1) is 9.80. The van der Waals surface area contributed by atoms with Crippen molar-refractivity contribution in [3.63, 3.8) is 0 Å². The number of hydrogen-bond donors (Lipinski definition) is 0. The summed E-state index contributed by atoms with van der Waals surface area (Å²) in [6.45, 7) is 2.95. The van der Waals surface area contributed by atoms with E-state index in [9.17, 15) is 0 Å². The summed E-state index contributed by atoms with van der Waals surface area (Å²) in [4.78, 5) is 4.62. The quantitative estimate of drug-likeness (QED) is 0.760. The highest BCUT2D eigenvalue weighted by molar-refractivity contribution is 7.99. The number of aryl methyl sites for hydroxylation is 1. The molecule has 0 amide bonds. The van der Waals surface area contributed by atoms with Crippen molar-refractivity contribution < 1.29 is 0 Å². The van der Waals surface area contributed by atoms with E-state index in [4.69, 9.17) is 10.5 Å². The summed E-state index contributed by atoms with van der Waals surface area (Å²) < 4.78 is 2.17. The molecule has 2 aromatic rings. The number of para-hydroxylation sites is 2. The molecule has 0 N–H and O–H groups in total. The van der Waals surface area contributed by atoms with E-state index < -0.39 is 0 Å². The SMILES string of the molecule is CCn1c(SC[C@@H](C#N)CCC#N)nc2ccccc21. The van der Waals surface area contributed by atoms with Gasteiger partial charge in [0.25, 0.3) is 0 Å². The predicted molar refractivity (Wildman–Crippen MR) is 80.1 cm³/mol. The number of thioether (sulfide) groups is 1. The summed E-state index contributed by atoms with van der Waals surface area (Å²) in [6, 6.07) is 12.4. The Bertz CT molecular complexity index is 663. The highest BCUT2D eigenvalue weighted by Crippen LogP contribution is 2.26. The van der Waals surface area contributed by atoms with Crippen LogP contribution in [-0.4, -0.2) is 15.3 Å². The Morgan fingerprint density at radius 1 is 1.35 bits per heavy atom. The summed E-state index contributed by atoms with van der Waals surface area (Å²) >= 11 is 1.60. The lowest BCUT2D eigenvalue weighted by atomic mass is 10.1. The van der Waals surface area contributed by atoms with Gasteiger partial charge >= 0.3 is 0 Å². The highest BCUT2D eigenvalue weighted by Gasteiger charge is 2.13. The normalized spacial score (nSPS) is 11.9. The van der Waals surface area contributed by atoms with Gasteiger partial charge in [0, 0.05) is 18.7 Å². The lowest BCUT2D eigenvalue weighted by Crippen LogP contribution is -2.03. The van der Waals surface area contributed by atoms with E-state index >= 15 is 0 Å². The molecule has 20 heavy (non-hydrogen) atoms. The molecule has 1 atom stereocenters. The lowest BCUT2D eigenvalue weighted by molar-refractivity contribution is 0.675. The van der Waals surface area contributed by atoms with Crippen LogP contribution in [0.2, 0.25) is 0 Å². The second-order valence-corrected chi connectivity index (χ2v) is 5.45. The molecule has 0 saturated heterocycles. The highest BCUT2D eigenvalue weighted by atomic mass is 32.2. The van der Waals surface area contributed by atoms with Crippen molar-refractivity contribution in [2.24, 2.45) is 5.92 Å². The smallest absolute Gasteiger partial charge is 0.169 e. The van der Waals surface area contributed by atoms with Crippen LogP contribution in [0, 0.1) is 28.6 Å². The zero-order valence-electron chi connectivity index (χ0n) is 11.4. The molecule has 0 radical (unpaired) electrons. The number of hydrogen-bond acceptors (Lipinski definition) is 4. The van der Waals surface area contributed by atoms with E-state index in [1.165, 1.54) is 0 Å². The van der Waals surface area contributed by atoms with Crippen molar-refractivity contribution in [2.75, 3.05) is 5.75 Å². The van der Waals surface area contributed by atoms with E-state index in [-0.39, 0.29) is 5.92 Å². The maximum absolute atomic E-state index is 9.10. The zero-order chi connectivity index (χ0) is 14.4. The number of imidazole rings is 1. The fourth-order valence-corrected chi connectivity index (χ4v) is 3.21. The average Bonchev–Trinajstić information content (AvgIpc) is 2.85. The van der Waals surface area contributed by atoms with Crippen LogP contribution in [0.1, 0.15) is 19.8 Å². The van der Waals surface area contributed by atoms with E-state index in [1.54, 1.807) is 11.8 Å². The minimum absolute atomic E-state index is 0.0928. The third-order valence-corrected chi connectivity index (χ3v) is 4.28. The Balaban J connectivity index is 2.13. The fraction of sp³-hybridized carbons (Fsp3) is 0.400. The molecule has 0 fully saturated rings. The molecule has 0 aliphatic rings. The van der Waals surface area contributed by atoms with Crippen LogP contribution in [0.4, 0.5) is 0 Å². The van der Waals surface area contributed by atoms with Gasteiger partial charge in [-0.2, -0.15) is 10.5 Å². The number of aromatic nitrogens is 2. The van der Waals surface area contributed by atoms with Gasteiger partial charge in [0.2, 0.25) is 0 Å². The van der Waals surface area contributed by atoms with E-state index in [2.05, 4.69) is 34.7 Å². The van der Waals surface area contributed by atoms with Crippen LogP contribution in [0.5, 0.6) is 0 Å². The molecule has 102 valence electrons. The Morgan fingerprint density at radius 3 is 2.85 bits per heavy atom. The Labute approximate surface area is 123 Å². The molecule has 0 aliphatic carbocycles. The van der Waals surface area contributed by atoms with Gasteiger partial charge in [-0.3, -0.25) is 0 Å². The predicted octanol–water partition coefficient (Wildman–Crippen LogP) is 3.59. The van der Waals surface area contributed by atoms with Gasteiger partial charge < -0.3 is 4.57 Å². The summed E-state index contributed by atoms with van der Waals surface area (Å²) in [6.07, 6.45) is 1.06. The van der Waals surface area contributed by atoms with Crippen molar-refractivity contribution in [2.45, 2.75) is 31.5 Å². The molecule has 1 aromatic carbocycles. The molecule has 0 aliphatic heterocycles. The second kappa shape index (κ2) is 6.98. The van der Waals surface area contributed by atoms with Crippen LogP contribution in [0.3, 0.4) is 0 Å². The first-order valence-electron chi connectivity index (χ1n) is 6.64. The molecule has 4 nitrogen and oxygen atoms in total. The largest absolute Gasteiger partial charge is 0.319 e. The van der Waals surface area contributed by atoms with Gasteiger partial charge in [0.15, 0.2) is 5.16 Å². The van der Waals surface area contributed by atoms with Crippen LogP contribution < -0.4 is 0 Å². The molecular formula is C15H16N4S. The maximum atomic E-state index is 9.10. The topological polar surface area (TPSA) is 65.4 Å². The number of nitrogens with zero attached hydrogens (tertiary/aromatic N) is 4. The van der Waals surface area contributed by atoms with Crippen molar-refractivity contribution in [1.82, 2.24) is 9.55 Å². The molecule has 0 spiro atoms. The van der Waals surface area contributed by atoms with Crippen LogP contribution >= 0.6 is 11.8 Å². The zero-order valence-corrected chi connectivity index (χ0v) is 12.2. The molecule has 0 unspecified atom stereocenters. The summed E-state index contributed by atoms with van der Waals surface area (Å²) in [5.41, 5.74) is 2.12. The van der Waals surface area contributed by atoms with Crippen molar-refractivity contribution >= 4 is 22.8 Å². The Hall–Kier alpha value is -1.98. The van der Waals surface area contributed by atoms with E-state index in [0.717, 1.165) is 22.7 Å². The Morgan fingerprint density at radius 2 is 2.15 bits per heavy atom.